The van der Waals surface area contributed by atoms with Crippen molar-refractivity contribution in [3.63, 3.8) is 0 Å². The Morgan fingerprint density at radius 3 is 2.31 bits per heavy atom. The third kappa shape index (κ3) is 2.52. The molecule has 0 radical (unpaired) electrons. The maximum Gasteiger partial charge on any atom is 0.488 e. The second-order valence-corrected chi connectivity index (χ2v) is 8.30. The number of thiophene rings is 1. The summed E-state index contributed by atoms with van der Waals surface area (Å²) in [6.45, 7) is 0. The molecule has 2 aromatic heterocycles. The summed E-state index contributed by atoms with van der Waals surface area (Å²) in [7, 11) is -1.50. The summed E-state index contributed by atoms with van der Waals surface area (Å²) in [6.07, 6.45) is 0. The molecule has 0 bridgehead atoms. The van der Waals surface area contributed by atoms with Crippen molar-refractivity contribution in [3.8, 4) is 11.1 Å². The molecule has 0 spiro atoms. The van der Waals surface area contributed by atoms with Gasteiger partial charge in [0, 0.05) is 30.9 Å². The third-order valence-corrected chi connectivity index (χ3v) is 6.64. The number of furan rings is 1. The zero-order chi connectivity index (χ0) is 19.5. The van der Waals surface area contributed by atoms with Crippen LogP contribution in [0.15, 0.2) is 83.3 Å². The van der Waals surface area contributed by atoms with Gasteiger partial charge in [-0.3, -0.25) is 0 Å². The van der Waals surface area contributed by atoms with Crippen molar-refractivity contribution >= 4 is 66.0 Å². The molecule has 3 nitrogen and oxygen atoms in total. The topological polar surface area (TPSA) is 53.6 Å². The second-order valence-electron chi connectivity index (χ2n) is 7.22. The van der Waals surface area contributed by atoms with Crippen LogP contribution in [0.1, 0.15) is 0 Å². The number of benzene rings is 4. The van der Waals surface area contributed by atoms with Gasteiger partial charge in [-0.1, -0.05) is 48.5 Å². The number of hydrogen-bond acceptors (Lipinski definition) is 4. The summed E-state index contributed by atoms with van der Waals surface area (Å²) < 4.78 is 8.51. The summed E-state index contributed by atoms with van der Waals surface area (Å²) in [6, 6.07) is 26.4. The lowest BCUT2D eigenvalue weighted by molar-refractivity contribution is 0.426. The molecule has 6 aromatic rings. The first-order chi connectivity index (χ1) is 14.2. The first kappa shape index (κ1) is 16.8. The van der Waals surface area contributed by atoms with Crippen LogP contribution in [0.25, 0.3) is 53.2 Å². The average Bonchev–Trinajstić information content (AvgIpc) is 3.30. The summed E-state index contributed by atoms with van der Waals surface area (Å²) in [5.41, 5.74) is 4.28. The van der Waals surface area contributed by atoms with Gasteiger partial charge in [0.05, 0.1) is 0 Å². The first-order valence-electron chi connectivity index (χ1n) is 9.42. The molecule has 2 N–H and O–H groups in total. The Balaban J connectivity index is 1.65. The van der Waals surface area contributed by atoms with Crippen molar-refractivity contribution in [3.05, 3.63) is 78.9 Å². The molecule has 0 unspecified atom stereocenters. The molecule has 0 aliphatic carbocycles. The predicted octanol–water partition coefficient (Wildman–Crippen LogP) is 5.30. The van der Waals surface area contributed by atoms with Gasteiger partial charge in [-0.15, -0.1) is 11.3 Å². The average molecular weight is 394 g/mol. The van der Waals surface area contributed by atoms with Crippen LogP contribution in [0.5, 0.6) is 0 Å². The predicted molar refractivity (Wildman–Crippen MR) is 122 cm³/mol. The van der Waals surface area contributed by atoms with E-state index in [0.717, 1.165) is 27.5 Å². The van der Waals surface area contributed by atoms with E-state index in [0.29, 0.717) is 5.46 Å². The molecule has 4 aromatic carbocycles. The highest BCUT2D eigenvalue weighted by atomic mass is 32.1. The Kier molecular flexibility index (Phi) is 3.59. The van der Waals surface area contributed by atoms with Gasteiger partial charge in [0.2, 0.25) is 0 Å². The minimum Gasteiger partial charge on any atom is -0.456 e. The Labute approximate surface area is 170 Å². The third-order valence-electron chi connectivity index (χ3n) is 5.50. The van der Waals surface area contributed by atoms with E-state index in [2.05, 4.69) is 54.6 Å². The summed E-state index contributed by atoms with van der Waals surface area (Å²) in [5, 5.41) is 23.5. The SMILES string of the molecule is OB(O)c1ccc2oc3ccc(-c4cccc5sc6ccccc6c45)cc3c2c1. The largest absolute Gasteiger partial charge is 0.488 e. The minimum absolute atomic E-state index is 0.455. The monoisotopic (exact) mass is 394 g/mol. The van der Waals surface area contributed by atoms with Gasteiger partial charge in [-0.05, 0) is 46.9 Å². The van der Waals surface area contributed by atoms with Crippen LogP contribution in [0.2, 0.25) is 0 Å². The van der Waals surface area contributed by atoms with Crippen molar-refractivity contribution in [1.29, 1.82) is 0 Å². The van der Waals surface area contributed by atoms with Crippen LogP contribution in [0.4, 0.5) is 0 Å². The smallest absolute Gasteiger partial charge is 0.456 e. The first-order valence-corrected chi connectivity index (χ1v) is 10.2. The molecule has 0 amide bonds. The Morgan fingerprint density at radius 1 is 0.690 bits per heavy atom. The second kappa shape index (κ2) is 6.19. The molecule has 0 saturated carbocycles. The molecule has 2 heterocycles. The molecule has 138 valence electrons. The fraction of sp³-hybridized carbons (Fsp3) is 0. The van der Waals surface area contributed by atoms with E-state index < -0.39 is 7.12 Å². The maximum absolute atomic E-state index is 9.55. The van der Waals surface area contributed by atoms with Crippen molar-refractivity contribution in [1.82, 2.24) is 0 Å². The Hall–Kier alpha value is -3.12. The zero-order valence-electron chi connectivity index (χ0n) is 15.3. The highest BCUT2D eigenvalue weighted by molar-refractivity contribution is 7.25. The van der Waals surface area contributed by atoms with Crippen LogP contribution in [-0.2, 0) is 0 Å². The van der Waals surface area contributed by atoms with Crippen LogP contribution in [0.3, 0.4) is 0 Å². The summed E-state index contributed by atoms with van der Waals surface area (Å²) in [4.78, 5) is 0. The quantitative estimate of drug-likeness (QED) is 0.392. The van der Waals surface area contributed by atoms with E-state index in [1.165, 1.54) is 25.7 Å². The normalized spacial score (nSPS) is 11.8. The lowest BCUT2D eigenvalue weighted by atomic mass is 9.80. The van der Waals surface area contributed by atoms with E-state index in [4.69, 9.17) is 4.42 Å². The molecule has 0 atom stereocenters. The fourth-order valence-corrected chi connectivity index (χ4v) is 5.27. The van der Waals surface area contributed by atoms with Crippen LogP contribution in [-0.4, -0.2) is 17.2 Å². The number of hydrogen-bond donors (Lipinski definition) is 2. The lowest BCUT2D eigenvalue weighted by Gasteiger charge is -2.05. The van der Waals surface area contributed by atoms with Gasteiger partial charge < -0.3 is 14.5 Å². The molecular formula is C24H15BO3S. The molecule has 0 fully saturated rings. The van der Waals surface area contributed by atoms with E-state index in [1.54, 1.807) is 18.2 Å². The molecule has 0 saturated heterocycles. The van der Waals surface area contributed by atoms with Gasteiger partial charge in [0.15, 0.2) is 0 Å². The van der Waals surface area contributed by atoms with Gasteiger partial charge in [0.25, 0.3) is 0 Å². The van der Waals surface area contributed by atoms with E-state index >= 15 is 0 Å². The Morgan fingerprint density at radius 2 is 1.45 bits per heavy atom. The summed E-state index contributed by atoms with van der Waals surface area (Å²) >= 11 is 1.81. The van der Waals surface area contributed by atoms with Crippen LogP contribution in [0, 0.1) is 0 Å². The zero-order valence-corrected chi connectivity index (χ0v) is 16.1. The highest BCUT2D eigenvalue weighted by Crippen LogP contribution is 2.41. The van der Waals surface area contributed by atoms with Crippen molar-refractivity contribution < 1.29 is 14.5 Å². The van der Waals surface area contributed by atoms with Crippen molar-refractivity contribution in [2.45, 2.75) is 0 Å². The lowest BCUT2D eigenvalue weighted by Crippen LogP contribution is -2.29. The highest BCUT2D eigenvalue weighted by Gasteiger charge is 2.16. The van der Waals surface area contributed by atoms with Crippen molar-refractivity contribution in [2.75, 3.05) is 0 Å². The number of fused-ring (bicyclic) bond motifs is 6. The fourth-order valence-electron chi connectivity index (χ4n) is 4.14. The van der Waals surface area contributed by atoms with Crippen LogP contribution >= 0.6 is 11.3 Å². The van der Waals surface area contributed by atoms with Crippen LogP contribution < -0.4 is 5.46 Å². The molecular weight excluding hydrogens is 379 g/mol. The number of rotatable bonds is 2. The maximum atomic E-state index is 9.55. The molecule has 0 aliphatic heterocycles. The summed E-state index contributed by atoms with van der Waals surface area (Å²) in [5.74, 6) is 0. The standard InChI is InChI=1S/C24H15BO3S/c26-25(27)15-9-11-21-19(13-15)18-12-14(8-10-20(18)28-21)16-5-3-7-23-24(16)17-4-1-2-6-22(17)29-23/h1-13,26-27H. The van der Waals surface area contributed by atoms with E-state index in [1.807, 2.05) is 17.4 Å². The molecule has 29 heavy (non-hydrogen) atoms. The van der Waals surface area contributed by atoms with Gasteiger partial charge >= 0.3 is 7.12 Å². The Bertz CT molecular complexity index is 1540. The van der Waals surface area contributed by atoms with E-state index in [-0.39, 0.29) is 0 Å². The van der Waals surface area contributed by atoms with Gasteiger partial charge in [0.1, 0.15) is 11.2 Å². The van der Waals surface area contributed by atoms with Gasteiger partial charge in [-0.2, -0.15) is 0 Å². The van der Waals surface area contributed by atoms with Crippen molar-refractivity contribution in [2.24, 2.45) is 0 Å². The molecule has 5 heteroatoms. The molecule has 6 rings (SSSR count). The van der Waals surface area contributed by atoms with E-state index in [9.17, 15) is 10.0 Å². The minimum atomic E-state index is -1.50. The molecule has 0 aliphatic rings. The van der Waals surface area contributed by atoms with Gasteiger partial charge in [-0.25, -0.2) is 0 Å².